The molecule has 2 aromatic rings. The highest BCUT2D eigenvalue weighted by Gasteiger charge is 2.12. The Morgan fingerprint density at radius 1 is 1.38 bits per heavy atom. The number of halogens is 1. The Balaban J connectivity index is 2.86. The van der Waals surface area contributed by atoms with Crippen LogP contribution in [0.1, 0.15) is 17.3 Å². The minimum Gasteiger partial charge on any atom is -0.345 e. The van der Waals surface area contributed by atoms with E-state index in [0.29, 0.717) is 10.7 Å². The fourth-order valence-corrected chi connectivity index (χ4v) is 1.79. The summed E-state index contributed by atoms with van der Waals surface area (Å²) in [5, 5.41) is 1.31. The molecule has 66 valence electrons. The van der Waals surface area contributed by atoms with Crippen LogP contribution in [0.25, 0.3) is 10.9 Å². The number of fused-ring (bicyclic) bond motifs is 1. The zero-order valence-electron chi connectivity index (χ0n) is 7.10. The average molecular weight is 194 g/mol. The molecule has 0 bridgehead atoms. The zero-order chi connectivity index (χ0) is 9.42. The molecule has 0 radical (unpaired) electrons. The topological polar surface area (TPSA) is 32.9 Å². The molecule has 1 aromatic carbocycles. The van der Waals surface area contributed by atoms with Crippen molar-refractivity contribution in [2.75, 3.05) is 0 Å². The molecular weight excluding hydrogens is 186 g/mol. The minimum absolute atomic E-state index is 0.0116. The first-order chi connectivity index (χ1) is 6.20. The molecule has 1 aromatic heterocycles. The van der Waals surface area contributed by atoms with Gasteiger partial charge in [-0.15, -0.1) is 0 Å². The van der Waals surface area contributed by atoms with Crippen LogP contribution >= 0.6 is 11.6 Å². The molecule has 0 fully saturated rings. The van der Waals surface area contributed by atoms with Gasteiger partial charge < -0.3 is 4.98 Å². The monoisotopic (exact) mass is 193 g/mol. The second kappa shape index (κ2) is 2.89. The Labute approximate surface area is 80.5 Å². The third-order valence-corrected chi connectivity index (χ3v) is 2.30. The van der Waals surface area contributed by atoms with Crippen LogP contribution < -0.4 is 0 Å². The lowest BCUT2D eigenvalue weighted by molar-refractivity contribution is 0.101. The van der Waals surface area contributed by atoms with Gasteiger partial charge in [0.25, 0.3) is 0 Å². The predicted octanol–water partition coefficient (Wildman–Crippen LogP) is 3.02. The molecule has 13 heavy (non-hydrogen) atoms. The van der Waals surface area contributed by atoms with Crippen LogP contribution in [0.5, 0.6) is 0 Å². The van der Waals surface area contributed by atoms with Gasteiger partial charge in [0.2, 0.25) is 0 Å². The number of hydrogen-bond donors (Lipinski definition) is 1. The summed E-state index contributed by atoms with van der Waals surface area (Å²) in [6.07, 6.45) is 0. The summed E-state index contributed by atoms with van der Waals surface area (Å²) in [5.74, 6) is -0.0116. The van der Waals surface area contributed by atoms with E-state index in [1.165, 1.54) is 6.92 Å². The highest BCUT2D eigenvalue weighted by atomic mass is 35.5. The lowest BCUT2D eigenvalue weighted by Gasteiger charge is -1.91. The molecule has 2 rings (SSSR count). The number of hydrogen-bond acceptors (Lipinski definition) is 1. The molecule has 0 aliphatic carbocycles. The average Bonchev–Trinajstić information content (AvgIpc) is 2.39. The summed E-state index contributed by atoms with van der Waals surface area (Å²) in [6, 6.07) is 7.57. The van der Waals surface area contributed by atoms with Crippen molar-refractivity contribution < 1.29 is 4.79 Å². The number of H-pyrrole nitrogens is 1. The molecule has 2 nitrogen and oxygen atoms in total. The van der Waals surface area contributed by atoms with Gasteiger partial charge in [0.15, 0.2) is 5.78 Å². The van der Waals surface area contributed by atoms with Crippen molar-refractivity contribution in [3.05, 3.63) is 35.0 Å². The summed E-state index contributed by atoms with van der Waals surface area (Å²) in [7, 11) is 0. The van der Waals surface area contributed by atoms with E-state index in [4.69, 9.17) is 11.6 Å². The minimum atomic E-state index is -0.0116. The molecule has 1 heterocycles. The number of para-hydroxylation sites is 1. The number of ketones is 1. The number of nitrogens with one attached hydrogen (secondary N) is 1. The maximum Gasteiger partial charge on any atom is 0.163 e. The number of Topliss-reactive ketones (excluding diaryl/α,β-unsaturated/α-hetero) is 1. The Hall–Kier alpha value is -1.28. The van der Waals surface area contributed by atoms with E-state index >= 15 is 0 Å². The fraction of sp³-hybridized carbons (Fsp3) is 0.100. The van der Waals surface area contributed by atoms with Gasteiger partial charge in [0.05, 0.1) is 5.56 Å². The highest BCUT2D eigenvalue weighted by molar-refractivity contribution is 6.35. The van der Waals surface area contributed by atoms with Crippen LogP contribution in [0.2, 0.25) is 5.15 Å². The van der Waals surface area contributed by atoms with E-state index in [2.05, 4.69) is 4.98 Å². The van der Waals surface area contributed by atoms with E-state index in [1.807, 2.05) is 24.3 Å². The van der Waals surface area contributed by atoms with Gasteiger partial charge >= 0.3 is 0 Å². The number of aromatic amines is 1. The van der Waals surface area contributed by atoms with Crippen LogP contribution in [0.4, 0.5) is 0 Å². The van der Waals surface area contributed by atoms with Gasteiger partial charge in [-0.25, -0.2) is 0 Å². The summed E-state index contributed by atoms with van der Waals surface area (Å²) in [4.78, 5) is 14.2. The third-order valence-electron chi connectivity index (χ3n) is 2.01. The zero-order valence-corrected chi connectivity index (χ0v) is 7.85. The van der Waals surface area contributed by atoms with Crippen molar-refractivity contribution in [2.24, 2.45) is 0 Å². The van der Waals surface area contributed by atoms with Crippen molar-refractivity contribution in [3.63, 3.8) is 0 Å². The van der Waals surface area contributed by atoms with Crippen molar-refractivity contribution in [2.45, 2.75) is 6.92 Å². The van der Waals surface area contributed by atoms with E-state index in [0.717, 1.165) is 10.9 Å². The number of carbonyl (C=O) groups is 1. The maximum absolute atomic E-state index is 11.2. The van der Waals surface area contributed by atoms with Gasteiger partial charge in [-0.05, 0) is 13.0 Å². The quantitative estimate of drug-likeness (QED) is 0.694. The fourth-order valence-electron chi connectivity index (χ4n) is 1.45. The first kappa shape index (κ1) is 8.32. The van der Waals surface area contributed by atoms with E-state index < -0.39 is 0 Å². The maximum atomic E-state index is 11.2. The molecule has 0 saturated heterocycles. The number of benzene rings is 1. The summed E-state index contributed by atoms with van der Waals surface area (Å²) < 4.78 is 0. The second-order valence-corrected chi connectivity index (χ2v) is 3.29. The smallest absolute Gasteiger partial charge is 0.163 e. The lowest BCUT2D eigenvalue weighted by atomic mass is 10.1. The van der Waals surface area contributed by atoms with Gasteiger partial charge in [0.1, 0.15) is 5.15 Å². The van der Waals surface area contributed by atoms with E-state index in [9.17, 15) is 4.79 Å². The highest BCUT2D eigenvalue weighted by Crippen LogP contribution is 2.25. The van der Waals surface area contributed by atoms with E-state index in [-0.39, 0.29) is 5.78 Å². The normalized spacial score (nSPS) is 10.6. The van der Waals surface area contributed by atoms with Crippen LogP contribution in [-0.4, -0.2) is 10.8 Å². The Morgan fingerprint density at radius 2 is 2.08 bits per heavy atom. The molecule has 0 aliphatic heterocycles. The molecule has 3 heteroatoms. The molecule has 0 saturated carbocycles. The van der Waals surface area contributed by atoms with Gasteiger partial charge in [-0.2, -0.15) is 0 Å². The first-order valence-electron chi connectivity index (χ1n) is 3.97. The van der Waals surface area contributed by atoms with Crippen molar-refractivity contribution in [1.82, 2.24) is 4.98 Å². The summed E-state index contributed by atoms with van der Waals surface area (Å²) in [6.45, 7) is 1.52. The van der Waals surface area contributed by atoms with Gasteiger partial charge in [-0.1, -0.05) is 29.8 Å². The Bertz CT molecular complexity index is 473. The SMILES string of the molecule is CC(=O)c1c(Cl)[nH]c2ccccc12. The van der Waals surface area contributed by atoms with E-state index in [1.54, 1.807) is 0 Å². The number of aromatic nitrogens is 1. The number of carbonyl (C=O) groups excluding carboxylic acids is 1. The van der Waals surface area contributed by atoms with Crippen molar-refractivity contribution in [1.29, 1.82) is 0 Å². The second-order valence-electron chi connectivity index (χ2n) is 2.92. The van der Waals surface area contributed by atoms with Crippen LogP contribution in [0.15, 0.2) is 24.3 Å². The van der Waals surface area contributed by atoms with Gasteiger partial charge in [0, 0.05) is 10.9 Å². The molecule has 0 atom stereocenters. The Morgan fingerprint density at radius 3 is 2.77 bits per heavy atom. The van der Waals surface area contributed by atoms with Crippen molar-refractivity contribution >= 4 is 28.3 Å². The Kier molecular flexibility index (Phi) is 1.85. The lowest BCUT2D eigenvalue weighted by Crippen LogP contribution is -1.89. The first-order valence-corrected chi connectivity index (χ1v) is 4.35. The third kappa shape index (κ3) is 1.23. The molecule has 0 aliphatic rings. The molecule has 0 unspecified atom stereocenters. The molecule has 0 amide bonds. The predicted molar refractivity (Wildman–Crippen MR) is 53.3 cm³/mol. The molecule has 0 spiro atoms. The summed E-state index contributed by atoms with van der Waals surface area (Å²) >= 11 is 5.89. The largest absolute Gasteiger partial charge is 0.345 e. The van der Waals surface area contributed by atoms with Crippen molar-refractivity contribution in [3.8, 4) is 0 Å². The van der Waals surface area contributed by atoms with Crippen LogP contribution in [0, 0.1) is 0 Å². The molecule has 1 N–H and O–H groups in total. The summed E-state index contributed by atoms with van der Waals surface area (Å²) in [5.41, 5.74) is 1.48. The standard InChI is InChI=1S/C10H8ClNO/c1-6(13)9-7-4-2-3-5-8(7)12-10(9)11/h2-5,12H,1H3. The van der Waals surface area contributed by atoms with Gasteiger partial charge in [-0.3, -0.25) is 4.79 Å². The van der Waals surface area contributed by atoms with Crippen LogP contribution in [0.3, 0.4) is 0 Å². The number of rotatable bonds is 1. The molecular formula is C10H8ClNO. The van der Waals surface area contributed by atoms with Crippen LogP contribution in [-0.2, 0) is 0 Å².